The third-order valence-corrected chi connectivity index (χ3v) is 8.97. The summed E-state index contributed by atoms with van der Waals surface area (Å²) in [6, 6.07) is 15.0. The molecule has 10 heteroatoms. The van der Waals surface area contributed by atoms with E-state index in [0.29, 0.717) is 29.2 Å². The zero-order valence-electron chi connectivity index (χ0n) is 23.1. The minimum Gasteiger partial charge on any atom is -0.493 e. The molecule has 0 spiro atoms. The lowest BCUT2D eigenvalue weighted by Gasteiger charge is -2.39. The molecule has 1 fully saturated rings. The third kappa shape index (κ3) is 5.77. The van der Waals surface area contributed by atoms with E-state index in [4.69, 9.17) is 21.1 Å². The van der Waals surface area contributed by atoms with E-state index in [1.807, 2.05) is 35.7 Å². The number of anilines is 1. The number of hydrogen-bond donors (Lipinski definition) is 1. The number of amides is 2. The van der Waals surface area contributed by atoms with Crippen molar-refractivity contribution in [3.8, 4) is 11.5 Å². The fraction of sp³-hybridized carbons (Fsp3) is 0.400. The van der Waals surface area contributed by atoms with Gasteiger partial charge in [0.25, 0.3) is 5.91 Å². The summed E-state index contributed by atoms with van der Waals surface area (Å²) in [5.41, 5.74) is 2.28. The van der Waals surface area contributed by atoms with Crippen LogP contribution in [-0.2, 0) is 4.79 Å². The van der Waals surface area contributed by atoms with Crippen molar-refractivity contribution in [2.24, 2.45) is 0 Å². The first-order valence-electron chi connectivity index (χ1n) is 13.5. The standard InChI is InChI=1S/C30H35ClN4O4S/c1-33-28(26-9-5-16-40-26)27(22-18-24(38-2)25(39-3)19-23(22)30(33)37)29(36)32-10-6-11-34-12-14-35(15-13-34)21-8-4-7-20(31)17-21/h4-5,7-9,16-19,27-28H,6,10-15H2,1-3H3,(H,32,36)/t27-,28+/m1/s1. The second-order valence-electron chi connectivity index (χ2n) is 10.1. The lowest BCUT2D eigenvalue weighted by Crippen LogP contribution is -2.47. The maximum absolute atomic E-state index is 13.8. The van der Waals surface area contributed by atoms with E-state index < -0.39 is 12.0 Å². The highest BCUT2D eigenvalue weighted by molar-refractivity contribution is 7.10. The Balaban J connectivity index is 1.25. The summed E-state index contributed by atoms with van der Waals surface area (Å²) in [6.45, 7) is 5.28. The lowest BCUT2D eigenvalue weighted by atomic mass is 9.81. The van der Waals surface area contributed by atoms with Gasteiger partial charge in [0.05, 0.1) is 26.2 Å². The van der Waals surface area contributed by atoms with Crippen LogP contribution < -0.4 is 19.7 Å². The molecule has 3 aromatic rings. The van der Waals surface area contributed by atoms with Gasteiger partial charge >= 0.3 is 0 Å². The van der Waals surface area contributed by atoms with E-state index in [1.165, 1.54) is 7.11 Å². The van der Waals surface area contributed by atoms with E-state index >= 15 is 0 Å². The van der Waals surface area contributed by atoms with Gasteiger partial charge < -0.3 is 24.6 Å². The summed E-state index contributed by atoms with van der Waals surface area (Å²) in [5.74, 6) is 0.148. The van der Waals surface area contributed by atoms with Crippen molar-refractivity contribution in [1.82, 2.24) is 15.1 Å². The number of carbonyl (C=O) groups excluding carboxylic acids is 2. The van der Waals surface area contributed by atoms with Crippen molar-refractivity contribution in [3.05, 3.63) is 74.9 Å². The van der Waals surface area contributed by atoms with E-state index in [0.717, 1.165) is 54.7 Å². The van der Waals surface area contributed by atoms with Crippen molar-refractivity contribution in [3.63, 3.8) is 0 Å². The van der Waals surface area contributed by atoms with E-state index in [-0.39, 0.29) is 11.8 Å². The van der Waals surface area contributed by atoms with Gasteiger partial charge in [-0.2, -0.15) is 0 Å². The van der Waals surface area contributed by atoms with Crippen molar-refractivity contribution in [2.75, 3.05) is 65.4 Å². The molecule has 1 aromatic heterocycles. The summed E-state index contributed by atoms with van der Waals surface area (Å²) in [6.07, 6.45) is 0.840. The number of fused-ring (bicyclic) bond motifs is 1. The molecule has 2 amide bonds. The minimum atomic E-state index is -0.572. The molecule has 0 bridgehead atoms. The molecule has 5 rings (SSSR count). The molecule has 0 unspecified atom stereocenters. The van der Waals surface area contributed by atoms with Gasteiger partial charge in [0.2, 0.25) is 5.91 Å². The fourth-order valence-electron chi connectivity index (χ4n) is 5.67. The molecule has 2 aromatic carbocycles. The van der Waals surface area contributed by atoms with Crippen LogP contribution in [0.15, 0.2) is 53.9 Å². The van der Waals surface area contributed by atoms with Crippen LogP contribution >= 0.6 is 22.9 Å². The van der Waals surface area contributed by atoms with Crippen molar-refractivity contribution in [1.29, 1.82) is 0 Å². The number of methoxy groups -OCH3 is 2. The Labute approximate surface area is 244 Å². The van der Waals surface area contributed by atoms with Gasteiger partial charge in [-0.1, -0.05) is 23.7 Å². The lowest BCUT2D eigenvalue weighted by molar-refractivity contribution is -0.124. The van der Waals surface area contributed by atoms with Crippen LogP contribution in [-0.4, -0.2) is 82.1 Å². The maximum atomic E-state index is 13.8. The van der Waals surface area contributed by atoms with Gasteiger partial charge in [-0.25, -0.2) is 0 Å². The van der Waals surface area contributed by atoms with Gasteiger partial charge in [-0.3, -0.25) is 14.5 Å². The molecule has 1 saturated heterocycles. The zero-order valence-corrected chi connectivity index (χ0v) is 24.6. The number of piperazine rings is 1. The Kier molecular flexibility index (Phi) is 8.83. The van der Waals surface area contributed by atoms with Gasteiger partial charge in [-0.05, 0) is 60.3 Å². The van der Waals surface area contributed by atoms with Crippen LogP contribution in [0.3, 0.4) is 0 Å². The smallest absolute Gasteiger partial charge is 0.254 e. The van der Waals surface area contributed by atoms with Crippen LogP contribution in [0.1, 0.15) is 39.2 Å². The fourth-order valence-corrected chi connectivity index (χ4v) is 6.76. The Morgan fingerprint density at radius 2 is 1.80 bits per heavy atom. The SMILES string of the molecule is COc1cc2c(cc1OC)[C@@H](C(=O)NCCCN1CCN(c3cccc(Cl)c3)CC1)[C@H](c1cccs1)N(C)C2=O. The Hall–Kier alpha value is -3.27. The number of hydrogen-bond acceptors (Lipinski definition) is 7. The molecular weight excluding hydrogens is 548 g/mol. The van der Waals surface area contributed by atoms with Crippen LogP contribution in [0.5, 0.6) is 11.5 Å². The largest absolute Gasteiger partial charge is 0.493 e. The van der Waals surface area contributed by atoms with E-state index in [2.05, 4.69) is 21.2 Å². The molecule has 1 N–H and O–H groups in total. The molecule has 40 heavy (non-hydrogen) atoms. The molecule has 212 valence electrons. The molecule has 2 atom stereocenters. The first-order chi connectivity index (χ1) is 19.4. The van der Waals surface area contributed by atoms with Gasteiger partial charge in [-0.15, -0.1) is 11.3 Å². The van der Waals surface area contributed by atoms with Gasteiger partial charge in [0, 0.05) is 60.9 Å². The third-order valence-electron chi connectivity index (χ3n) is 7.79. The van der Waals surface area contributed by atoms with Gasteiger partial charge in [0.15, 0.2) is 11.5 Å². The normalized spacial score (nSPS) is 19.4. The molecule has 3 heterocycles. The Morgan fingerprint density at radius 3 is 2.48 bits per heavy atom. The summed E-state index contributed by atoms with van der Waals surface area (Å²) < 4.78 is 11.0. The molecule has 0 radical (unpaired) electrons. The number of ether oxygens (including phenoxy) is 2. The molecule has 0 saturated carbocycles. The van der Waals surface area contributed by atoms with Crippen molar-refractivity contribution >= 4 is 40.4 Å². The second kappa shape index (κ2) is 12.5. The van der Waals surface area contributed by atoms with Crippen molar-refractivity contribution < 1.29 is 19.1 Å². The van der Waals surface area contributed by atoms with E-state index in [1.54, 1.807) is 42.5 Å². The highest BCUT2D eigenvalue weighted by Crippen LogP contribution is 2.46. The van der Waals surface area contributed by atoms with Gasteiger partial charge in [0.1, 0.15) is 0 Å². The maximum Gasteiger partial charge on any atom is 0.254 e. The van der Waals surface area contributed by atoms with Crippen LogP contribution in [0.25, 0.3) is 0 Å². The summed E-state index contributed by atoms with van der Waals surface area (Å²) >= 11 is 7.71. The summed E-state index contributed by atoms with van der Waals surface area (Å²) in [4.78, 5) is 34.6. The number of nitrogens with zero attached hydrogens (tertiary/aromatic N) is 3. The van der Waals surface area contributed by atoms with Crippen molar-refractivity contribution in [2.45, 2.75) is 18.4 Å². The highest BCUT2D eigenvalue weighted by atomic mass is 35.5. The Bertz CT molecular complexity index is 1340. The molecular formula is C30H35ClN4O4S. The number of rotatable bonds is 9. The average Bonchev–Trinajstić information content (AvgIpc) is 3.51. The topological polar surface area (TPSA) is 74.4 Å². The molecule has 0 aliphatic carbocycles. The monoisotopic (exact) mass is 582 g/mol. The predicted octanol–water partition coefficient (Wildman–Crippen LogP) is 4.66. The molecule has 8 nitrogen and oxygen atoms in total. The average molecular weight is 583 g/mol. The summed E-state index contributed by atoms with van der Waals surface area (Å²) in [5, 5.41) is 5.90. The number of likely N-dealkylation sites (N-methyl/N-ethyl adjacent to an activating group) is 1. The highest BCUT2D eigenvalue weighted by Gasteiger charge is 2.44. The van der Waals surface area contributed by atoms with Crippen LogP contribution in [0, 0.1) is 0 Å². The Morgan fingerprint density at radius 1 is 1.05 bits per heavy atom. The quantitative estimate of drug-likeness (QED) is 0.370. The zero-order chi connectivity index (χ0) is 28.2. The number of halogens is 1. The minimum absolute atomic E-state index is 0.100. The number of benzene rings is 2. The number of carbonyl (C=O) groups is 2. The first-order valence-corrected chi connectivity index (χ1v) is 14.7. The second-order valence-corrected chi connectivity index (χ2v) is 11.5. The number of thiophene rings is 1. The molecule has 2 aliphatic rings. The first kappa shape index (κ1) is 28.3. The van der Waals surface area contributed by atoms with Crippen LogP contribution in [0.4, 0.5) is 5.69 Å². The predicted molar refractivity (Wildman–Crippen MR) is 159 cm³/mol. The van der Waals surface area contributed by atoms with E-state index in [9.17, 15) is 9.59 Å². The van der Waals surface area contributed by atoms with Crippen LogP contribution in [0.2, 0.25) is 5.02 Å². The summed E-state index contributed by atoms with van der Waals surface area (Å²) in [7, 11) is 4.86. The molecule has 2 aliphatic heterocycles. The number of nitrogens with one attached hydrogen (secondary N) is 1.